The zero-order chi connectivity index (χ0) is 13.7. The van der Waals surface area contributed by atoms with Crippen molar-refractivity contribution in [2.75, 3.05) is 20.7 Å². The molecule has 0 aliphatic rings. The van der Waals surface area contributed by atoms with Gasteiger partial charge in [-0.15, -0.1) is 0 Å². The van der Waals surface area contributed by atoms with E-state index in [1.807, 2.05) is 6.92 Å². The number of nitrogens with zero attached hydrogens (tertiary/aromatic N) is 1. The van der Waals surface area contributed by atoms with Crippen LogP contribution >= 0.6 is 15.9 Å². The number of hydrogen-bond acceptors (Lipinski definition) is 3. The molecule has 18 heavy (non-hydrogen) atoms. The summed E-state index contributed by atoms with van der Waals surface area (Å²) in [5, 5.41) is 9.90. The summed E-state index contributed by atoms with van der Waals surface area (Å²) >= 11 is 3.44. The summed E-state index contributed by atoms with van der Waals surface area (Å²) in [7, 11) is 3.18. The minimum Gasteiger partial charge on any atom is -0.504 e. The van der Waals surface area contributed by atoms with Gasteiger partial charge in [0.2, 0.25) is 0 Å². The van der Waals surface area contributed by atoms with E-state index in [-0.39, 0.29) is 17.2 Å². The number of carbonyl (C=O) groups is 1. The van der Waals surface area contributed by atoms with Crippen LogP contribution in [0.15, 0.2) is 18.2 Å². The molecule has 100 valence electrons. The molecule has 1 aromatic carbocycles. The Labute approximate surface area is 116 Å². The van der Waals surface area contributed by atoms with Gasteiger partial charge in [-0.2, -0.15) is 0 Å². The van der Waals surface area contributed by atoms with Crippen LogP contribution in [0.25, 0.3) is 0 Å². The van der Waals surface area contributed by atoms with Crippen molar-refractivity contribution in [2.45, 2.75) is 18.2 Å². The highest BCUT2D eigenvalue weighted by Crippen LogP contribution is 2.30. The lowest BCUT2D eigenvalue weighted by Gasteiger charge is -2.19. The van der Waals surface area contributed by atoms with Crippen LogP contribution in [-0.4, -0.2) is 41.4 Å². The first-order chi connectivity index (χ1) is 8.47. The lowest BCUT2D eigenvalue weighted by molar-refractivity contribution is 0.0790. The standard InChI is InChI=1S/C13H18BrNO3/c1-9(14)7-8-15(2)13(17)10-5-4-6-11(18-3)12(10)16/h4-6,9,16H,7-8H2,1-3H3. The highest BCUT2D eigenvalue weighted by molar-refractivity contribution is 9.09. The van der Waals surface area contributed by atoms with E-state index >= 15 is 0 Å². The molecular weight excluding hydrogens is 298 g/mol. The summed E-state index contributed by atoms with van der Waals surface area (Å²) in [6.07, 6.45) is 0.854. The van der Waals surface area contributed by atoms with Gasteiger partial charge in [-0.1, -0.05) is 28.9 Å². The minimum absolute atomic E-state index is 0.108. The van der Waals surface area contributed by atoms with Crippen molar-refractivity contribution in [1.82, 2.24) is 4.90 Å². The first-order valence-corrected chi connectivity index (χ1v) is 6.64. The fourth-order valence-electron chi connectivity index (χ4n) is 1.54. The smallest absolute Gasteiger partial charge is 0.257 e. The number of para-hydroxylation sites is 1. The summed E-state index contributed by atoms with van der Waals surface area (Å²) < 4.78 is 4.99. The van der Waals surface area contributed by atoms with Crippen LogP contribution < -0.4 is 4.74 Å². The number of alkyl halides is 1. The molecule has 1 atom stereocenters. The predicted molar refractivity (Wildman–Crippen MR) is 74.6 cm³/mol. The minimum atomic E-state index is -0.209. The normalized spacial score (nSPS) is 12.0. The topological polar surface area (TPSA) is 49.8 Å². The SMILES string of the molecule is COc1cccc(C(=O)N(C)CCC(C)Br)c1O. The van der Waals surface area contributed by atoms with Crippen molar-refractivity contribution in [2.24, 2.45) is 0 Å². The van der Waals surface area contributed by atoms with E-state index in [2.05, 4.69) is 15.9 Å². The molecule has 0 aliphatic heterocycles. The highest BCUT2D eigenvalue weighted by Gasteiger charge is 2.18. The van der Waals surface area contributed by atoms with Crippen LogP contribution in [0.5, 0.6) is 11.5 Å². The second-order valence-electron chi connectivity index (χ2n) is 4.15. The number of benzene rings is 1. The molecule has 0 spiro atoms. The highest BCUT2D eigenvalue weighted by atomic mass is 79.9. The van der Waals surface area contributed by atoms with E-state index in [1.165, 1.54) is 7.11 Å². The van der Waals surface area contributed by atoms with Gasteiger partial charge in [-0.3, -0.25) is 4.79 Å². The molecule has 0 heterocycles. The summed E-state index contributed by atoms with van der Waals surface area (Å²) in [4.78, 5) is 14.1. The van der Waals surface area contributed by atoms with Gasteiger partial charge in [0.05, 0.1) is 12.7 Å². The molecule has 0 radical (unpaired) electrons. The first kappa shape index (κ1) is 14.8. The quantitative estimate of drug-likeness (QED) is 0.850. The fourth-order valence-corrected chi connectivity index (χ4v) is 1.74. The van der Waals surface area contributed by atoms with Gasteiger partial charge in [-0.05, 0) is 18.6 Å². The van der Waals surface area contributed by atoms with Gasteiger partial charge in [0.15, 0.2) is 11.5 Å². The maximum atomic E-state index is 12.1. The van der Waals surface area contributed by atoms with E-state index in [9.17, 15) is 9.90 Å². The average Bonchev–Trinajstić information content (AvgIpc) is 2.35. The molecule has 4 nitrogen and oxygen atoms in total. The van der Waals surface area contributed by atoms with Crippen LogP contribution in [-0.2, 0) is 0 Å². The average molecular weight is 316 g/mol. The molecule has 0 saturated heterocycles. The van der Waals surface area contributed by atoms with Gasteiger partial charge >= 0.3 is 0 Å². The summed E-state index contributed by atoms with van der Waals surface area (Å²) in [5.41, 5.74) is 0.263. The van der Waals surface area contributed by atoms with Crippen molar-refractivity contribution in [1.29, 1.82) is 0 Å². The molecule has 1 unspecified atom stereocenters. The maximum Gasteiger partial charge on any atom is 0.257 e. The Kier molecular flexibility index (Phi) is 5.47. The van der Waals surface area contributed by atoms with Gasteiger partial charge in [-0.25, -0.2) is 0 Å². The maximum absolute atomic E-state index is 12.1. The Morgan fingerprint density at radius 1 is 1.56 bits per heavy atom. The summed E-state index contributed by atoms with van der Waals surface area (Å²) in [6, 6.07) is 4.90. The Morgan fingerprint density at radius 3 is 2.78 bits per heavy atom. The van der Waals surface area contributed by atoms with Crippen LogP contribution in [0.4, 0.5) is 0 Å². The van der Waals surface area contributed by atoms with Gasteiger partial charge in [0, 0.05) is 18.4 Å². The number of ether oxygens (including phenoxy) is 1. The van der Waals surface area contributed by atoms with Gasteiger partial charge in [0.1, 0.15) is 0 Å². The third-order valence-corrected chi connectivity index (χ3v) is 3.12. The Morgan fingerprint density at radius 2 is 2.22 bits per heavy atom. The molecule has 1 aromatic rings. The van der Waals surface area contributed by atoms with E-state index in [4.69, 9.17) is 4.74 Å². The molecule has 0 aromatic heterocycles. The molecule has 0 saturated carbocycles. The van der Waals surface area contributed by atoms with Crippen LogP contribution in [0.2, 0.25) is 0 Å². The van der Waals surface area contributed by atoms with E-state index in [0.717, 1.165) is 6.42 Å². The lowest BCUT2D eigenvalue weighted by Crippen LogP contribution is -2.28. The van der Waals surface area contributed by atoms with Crippen LogP contribution in [0, 0.1) is 0 Å². The molecule has 1 rings (SSSR count). The number of carbonyl (C=O) groups excluding carboxylic acids is 1. The summed E-state index contributed by atoms with van der Waals surface area (Å²) in [6.45, 7) is 2.66. The van der Waals surface area contributed by atoms with Crippen molar-refractivity contribution in [3.63, 3.8) is 0 Å². The van der Waals surface area contributed by atoms with E-state index < -0.39 is 0 Å². The Bertz CT molecular complexity index is 421. The van der Waals surface area contributed by atoms with Crippen LogP contribution in [0.3, 0.4) is 0 Å². The predicted octanol–water partition coefficient (Wildman–Crippen LogP) is 2.65. The molecule has 0 bridgehead atoms. The Hall–Kier alpha value is -1.23. The fraction of sp³-hybridized carbons (Fsp3) is 0.462. The third kappa shape index (κ3) is 3.63. The second-order valence-corrected chi connectivity index (χ2v) is 5.72. The molecule has 0 fully saturated rings. The monoisotopic (exact) mass is 315 g/mol. The number of aromatic hydroxyl groups is 1. The Balaban J connectivity index is 2.83. The second kappa shape index (κ2) is 6.64. The number of halogens is 1. The number of phenolic OH excluding ortho intramolecular Hbond substituents is 1. The van der Waals surface area contributed by atoms with Crippen molar-refractivity contribution >= 4 is 21.8 Å². The van der Waals surface area contributed by atoms with Crippen LogP contribution in [0.1, 0.15) is 23.7 Å². The van der Waals surface area contributed by atoms with E-state index in [1.54, 1.807) is 30.1 Å². The molecule has 1 N–H and O–H groups in total. The van der Waals surface area contributed by atoms with E-state index in [0.29, 0.717) is 17.1 Å². The first-order valence-electron chi connectivity index (χ1n) is 5.72. The van der Waals surface area contributed by atoms with Gasteiger partial charge in [0.25, 0.3) is 5.91 Å². The third-order valence-electron chi connectivity index (χ3n) is 2.66. The summed E-state index contributed by atoms with van der Waals surface area (Å²) in [5.74, 6) is -0.00796. The number of hydrogen-bond donors (Lipinski definition) is 1. The lowest BCUT2D eigenvalue weighted by atomic mass is 10.1. The zero-order valence-electron chi connectivity index (χ0n) is 10.8. The zero-order valence-corrected chi connectivity index (χ0v) is 12.4. The van der Waals surface area contributed by atoms with Crippen molar-refractivity contribution in [3.05, 3.63) is 23.8 Å². The molecule has 0 aliphatic carbocycles. The molecule has 1 amide bonds. The molecule has 5 heteroatoms. The molecular formula is C13H18BrNO3. The van der Waals surface area contributed by atoms with Crippen molar-refractivity contribution in [3.8, 4) is 11.5 Å². The number of rotatable bonds is 5. The number of phenols is 1. The largest absolute Gasteiger partial charge is 0.504 e. The number of methoxy groups -OCH3 is 1. The van der Waals surface area contributed by atoms with Crippen molar-refractivity contribution < 1.29 is 14.6 Å². The number of amides is 1. The van der Waals surface area contributed by atoms with Gasteiger partial charge < -0.3 is 14.7 Å².